The van der Waals surface area contributed by atoms with E-state index in [0.29, 0.717) is 30.2 Å². The Bertz CT molecular complexity index is 2000. The first kappa shape index (κ1) is 33.4. The number of aromatic hydroxyl groups is 1. The number of aliphatic hydroxyl groups is 1. The first-order valence-corrected chi connectivity index (χ1v) is 16.6. The number of hydrogen-bond acceptors (Lipinski definition) is 9. The summed E-state index contributed by atoms with van der Waals surface area (Å²) >= 11 is 3.38. The molecule has 0 saturated carbocycles. The Hall–Kier alpha value is -4.96. The summed E-state index contributed by atoms with van der Waals surface area (Å²) in [6.45, 7) is 5.46. The Morgan fingerprint density at radius 1 is 0.979 bits per heavy atom. The predicted molar refractivity (Wildman–Crippen MR) is 187 cm³/mol. The maximum absolute atomic E-state index is 14.5. The highest BCUT2D eigenvalue weighted by atomic mass is 32.2. The number of aliphatic hydroxyl groups excluding tert-OH is 1. The summed E-state index contributed by atoms with van der Waals surface area (Å²) < 4.78 is 18.1. The molecule has 6 aromatic rings. The summed E-state index contributed by atoms with van der Waals surface area (Å²) in [5.74, 6) is 1.21. The summed E-state index contributed by atoms with van der Waals surface area (Å²) in [6, 6.07) is 27.9. The van der Waals surface area contributed by atoms with Crippen molar-refractivity contribution in [2.45, 2.75) is 34.9 Å². The van der Waals surface area contributed by atoms with Crippen molar-refractivity contribution >= 4 is 35.0 Å². The Morgan fingerprint density at radius 2 is 1.70 bits per heavy atom. The number of benzene rings is 3. The minimum Gasteiger partial charge on any atom is -0.508 e. The highest BCUT2D eigenvalue weighted by Gasteiger charge is 2.24. The predicted octanol–water partition coefficient (Wildman–Crippen LogP) is 7.28. The fourth-order valence-corrected chi connectivity index (χ4v) is 5.96. The van der Waals surface area contributed by atoms with Crippen LogP contribution in [0.25, 0.3) is 22.7 Å². The Morgan fingerprint density at radius 3 is 2.45 bits per heavy atom. The SMILES string of the molecule is C#CO.CSC(C)(C)c1cc(NCNCc2ccccc2Sc2ccc3nnc(-c4ccccc4F)n3c2)n(-c2ccc(O)cc2)n1. The number of halogens is 1. The van der Waals surface area contributed by atoms with Crippen molar-refractivity contribution in [2.75, 3.05) is 18.2 Å². The molecule has 47 heavy (non-hydrogen) atoms. The van der Waals surface area contributed by atoms with Gasteiger partial charge in [-0.2, -0.15) is 16.9 Å². The topological polar surface area (TPSA) is 113 Å². The Labute approximate surface area is 281 Å². The minimum absolute atomic E-state index is 0.159. The maximum atomic E-state index is 14.5. The molecule has 0 aliphatic rings. The molecule has 0 atom stereocenters. The van der Waals surface area contributed by atoms with Gasteiger partial charge >= 0.3 is 0 Å². The molecule has 0 amide bonds. The second kappa shape index (κ2) is 15.1. The normalized spacial score (nSPS) is 11.1. The summed E-state index contributed by atoms with van der Waals surface area (Å²) in [4.78, 5) is 2.10. The molecule has 0 unspecified atom stereocenters. The van der Waals surface area contributed by atoms with Gasteiger partial charge in [-0.3, -0.25) is 9.72 Å². The van der Waals surface area contributed by atoms with Crippen molar-refractivity contribution in [1.82, 2.24) is 29.7 Å². The third-order valence-corrected chi connectivity index (χ3v) is 9.66. The second-order valence-electron chi connectivity index (χ2n) is 10.8. The molecular formula is C35H34FN7O2S2. The molecule has 6 rings (SSSR count). The number of nitrogens with one attached hydrogen (secondary N) is 2. The first-order valence-electron chi connectivity index (χ1n) is 14.6. The number of hydrogen-bond donors (Lipinski definition) is 4. The van der Waals surface area contributed by atoms with Crippen LogP contribution < -0.4 is 10.6 Å². The number of rotatable bonds is 11. The van der Waals surface area contributed by atoms with E-state index in [2.05, 4.69) is 65.6 Å². The maximum Gasteiger partial charge on any atom is 0.171 e. The number of terminal acetylenes is 1. The molecule has 0 saturated heterocycles. The molecule has 240 valence electrons. The average molecular weight is 668 g/mol. The third-order valence-electron chi connectivity index (χ3n) is 7.33. The smallest absolute Gasteiger partial charge is 0.171 e. The zero-order valence-corrected chi connectivity index (χ0v) is 27.7. The van der Waals surface area contributed by atoms with Gasteiger partial charge in [0, 0.05) is 28.6 Å². The van der Waals surface area contributed by atoms with Gasteiger partial charge in [-0.1, -0.05) is 48.5 Å². The lowest BCUT2D eigenvalue weighted by Crippen LogP contribution is -2.23. The zero-order chi connectivity index (χ0) is 33.4. The monoisotopic (exact) mass is 667 g/mol. The van der Waals surface area contributed by atoms with Crippen LogP contribution in [-0.2, 0) is 11.3 Å². The molecule has 0 radical (unpaired) electrons. The fourth-order valence-electron chi connectivity index (χ4n) is 4.68. The van der Waals surface area contributed by atoms with Crippen molar-refractivity contribution in [3.63, 3.8) is 0 Å². The van der Waals surface area contributed by atoms with Crippen LogP contribution >= 0.6 is 23.5 Å². The molecule has 3 aromatic carbocycles. The van der Waals surface area contributed by atoms with Gasteiger partial charge in [0.15, 0.2) is 11.5 Å². The van der Waals surface area contributed by atoms with E-state index in [-0.39, 0.29) is 16.3 Å². The molecule has 0 aliphatic heterocycles. The van der Waals surface area contributed by atoms with E-state index >= 15 is 0 Å². The van der Waals surface area contributed by atoms with Gasteiger partial charge in [0.05, 0.1) is 28.4 Å². The van der Waals surface area contributed by atoms with E-state index in [4.69, 9.17) is 10.2 Å². The van der Waals surface area contributed by atoms with Crippen molar-refractivity contribution in [2.24, 2.45) is 0 Å². The van der Waals surface area contributed by atoms with E-state index in [1.807, 2.05) is 51.7 Å². The molecule has 9 nitrogen and oxygen atoms in total. The quantitative estimate of drug-likeness (QED) is 0.0643. The summed E-state index contributed by atoms with van der Waals surface area (Å²) in [7, 11) is 0. The number of anilines is 1. The van der Waals surface area contributed by atoms with Gasteiger partial charge in [0.25, 0.3) is 0 Å². The molecule has 3 aromatic heterocycles. The molecule has 0 fully saturated rings. The Balaban J connectivity index is 0.00000139. The number of thioether (sulfide) groups is 1. The number of nitrogens with zero attached hydrogens (tertiary/aromatic N) is 5. The molecule has 4 N–H and O–H groups in total. The first-order chi connectivity index (χ1) is 22.7. The second-order valence-corrected chi connectivity index (χ2v) is 13.3. The van der Waals surface area contributed by atoms with Gasteiger partial charge in [-0.15, -0.1) is 10.2 Å². The molecule has 0 spiro atoms. The minimum atomic E-state index is -0.333. The fraction of sp³-hybridized carbons (Fsp3) is 0.171. The number of fused-ring (bicyclic) bond motifs is 1. The third kappa shape index (κ3) is 7.89. The molecule has 12 heteroatoms. The van der Waals surface area contributed by atoms with Crippen LogP contribution in [0.5, 0.6) is 5.75 Å². The van der Waals surface area contributed by atoms with Crippen LogP contribution in [-0.4, -0.2) is 47.5 Å². The lowest BCUT2D eigenvalue weighted by Gasteiger charge is -2.18. The molecule has 0 bridgehead atoms. The van der Waals surface area contributed by atoms with Crippen LogP contribution in [0.1, 0.15) is 25.1 Å². The summed E-state index contributed by atoms with van der Waals surface area (Å²) in [5, 5.41) is 37.2. The molecule has 3 heterocycles. The lowest BCUT2D eigenvalue weighted by atomic mass is 10.1. The summed E-state index contributed by atoms with van der Waals surface area (Å²) in [5.41, 5.74) is 4.04. The van der Waals surface area contributed by atoms with Crippen LogP contribution in [0, 0.1) is 18.3 Å². The number of pyridine rings is 1. The van der Waals surface area contributed by atoms with Gasteiger partial charge in [-0.25, -0.2) is 9.07 Å². The van der Waals surface area contributed by atoms with Gasteiger partial charge in [0.2, 0.25) is 0 Å². The van der Waals surface area contributed by atoms with Crippen molar-refractivity contribution in [3.8, 4) is 35.4 Å². The number of phenols is 1. The van der Waals surface area contributed by atoms with Crippen molar-refractivity contribution in [3.05, 3.63) is 114 Å². The largest absolute Gasteiger partial charge is 0.508 e. The van der Waals surface area contributed by atoms with Crippen molar-refractivity contribution in [1.29, 1.82) is 0 Å². The van der Waals surface area contributed by atoms with Crippen LogP contribution in [0.3, 0.4) is 0 Å². The van der Waals surface area contributed by atoms with E-state index < -0.39 is 0 Å². The van der Waals surface area contributed by atoms with E-state index in [1.165, 1.54) is 12.2 Å². The highest BCUT2D eigenvalue weighted by molar-refractivity contribution is 7.99. The van der Waals surface area contributed by atoms with Gasteiger partial charge in [0.1, 0.15) is 23.5 Å². The van der Waals surface area contributed by atoms with Crippen molar-refractivity contribution < 1.29 is 14.6 Å². The van der Waals surface area contributed by atoms with Crippen LogP contribution in [0.2, 0.25) is 0 Å². The zero-order valence-electron chi connectivity index (χ0n) is 26.1. The molecular weight excluding hydrogens is 634 g/mol. The number of phenolic OH excluding ortho intramolecular Hbond substituents is 1. The van der Waals surface area contributed by atoms with Crippen LogP contribution in [0.15, 0.2) is 107 Å². The van der Waals surface area contributed by atoms with E-state index in [9.17, 15) is 9.50 Å². The molecule has 0 aliphatic carbocycles. The van der Waals surface area contributed by atoms with Gasteiger partial charge < -0.3 is 15.5 Å². The average Bonchev–Trinajstić information content (AvgIpc) is 3.70. The number of aromatic nitrogens is 5. The van der Waals surface area contributed by atoms with E-state index in [0.717, 1.165) is 32.6 Å². The van der Waals surface area contributed by atoms with Crippen LogP contribution in [0.4, 0.5) is 10.2 Å². The Kier molecular flexibility index (Phi) is 10.7. The standard InChI is InChI=1S/C33H32FN7OS2.C2H2O/c1-33(2,43-3)29-18-31(41(39-29)23-12-14-24(42)15-13-23)36-21-35-19-22-8-4-7-11-28(22)44-25-16-17-30-37-38-32(40(30)20-25)26-9-5-6-10-27(26)34;1-2-3/h4-18,20,35-36,42H,19,21H2,1-3H3;1,3H. The summed E-state index contributed by atoms with van der Waals surface area (Å²) in [6.07, 6.45) is 9.43. The van der Waals surface area contributed by atoms with Gasteiger partial charge in [-0.05, 0) is 80.3 Å². The lowest BCUT2D eigenvalue weighted by molar-refractivity contribution is 0.475. The van der Waals surface area contributed by atoms with E-state index in [1.54, 1.807) is 53.9 Å². The highest BCUT2D eigenvalue weighted by Crippen LogP contribution is 2.35.